The van der Waals surface area contributed by atoms with Crippen molar-refractivity contribution in [3.63, 3.8) is 0 Å². The predicted octanol–water partition coefficient (Wildman–Crippen LogP) is 7.58. The van der Waals surface area contributed by atoms with Crippen molar-refractivity contribution in [2.45, 2.75) is 0 Å². The molecule has 0 atom stereocenters. The molecule has 0 unspecified atom stereocenters. The lowest BCUT2D eigenvalue weighted by molar-refractivity contribution is 0.0910. The average molecular weight is 643 g/mol. The van der Waals surface area contributed by atoms with Crippen LogP contribution in [0.1, 0.15) is 41.4 Å². The zero-order valence-electron chi connectivity index (χ0n) is 25.8. The minimum Gasteiger partial charge on any atom is -0.457 e. The van der Waals surface area contributed by atoms with Crippen LogP contribution in [0.5, 0.6) is 11.5 Å². The first-order valence-electron chi connectivity index (χ1n) is 15.4. The number of carbonyl (C=O) groups excluding carboxylic acids is 4. The Bertz CT molecular complexity index is 2170. The summed E-state index contributed by atoms with van der Waals surface area (Å²) in [6.45, 7) is 0. The molecule has 2 aliphatic rings. The van der Waals surface area contributed by atoms with Gasteiger partial charge < -0.3 is 16.2 Å². The Labute approximate surface area is 280 Å². The number of fused-ring (bicyclic) bond motifs is 2. The summed E-state index contributed by atoms with van der Waals surface area (Å²) in [4.78, 5) is 55.5. The van der Waals surface area contributed by atoms with Crippen LogP contribution in [0, 0.1) is 0 Å². The van der Waals surface area contributed by atoms with Crippen LogP contribution in [0.15, 0.2) is 133 Å². The highest BCUT2D eigenvalue weighted by atomic mass is 16.5. The van der Waals surface area contributed by atoms with E-state index in [-0.39, 0.29) is 0 Å². The van der Waals surface area contributed by atoms with Gasteiger partial charge in [0, 0.05) is 11.4 Å². The molecule has 236 valence electrons. The quantitative estimate of drug-likeness (QED) is 0.141. The molecule has 0 saturated carbocycles. The van der Waals surface area contributed by atoms with Crippen LogP contribution in [0.25, 0.3) is 22.3 Å². The van der Waals surface area contributed by atoms with E-state index in [1.807, 2.05) is 36.4 Å². The molecule has 2 aliphatic heterocycles. The summed E-state index contributed by atoms with van der Waals surface area (Å²) in [6, 6.07) is 38.2. The molecule has 0 aromatic heterocycles. The van der Waals surface area contributed by atoms with Gasteiger partial charge >= 0.3 is 0 Å². The Balaban J connectivity index is 0.961. The second kappa shape index (κ2) is 11.4. The first-order valence-corrected chi connectivity index (χ1v) is 15.4. The zero-order chi connectivity index (χ0) is 33.8. The zero-order valence-corrected chi connectivity index (χ0v) is 25.8. The number of amides is 4. The summed E-state index contributed by atoms with van der Waals surface area (Å²) in [7, 11) is 0. The van der Waals surface area contributed by atoms with E-state index in [1.165, 1.54) is 0 Å². The largest absolute Gasteiger partial charge is 0.457 e. The van der Waals surface area contributed by atoms with Crippen molar-refractivity contribution in [2.75, 3.05) is 21.3 Å². The summed E-state index contributed by atoms with van der Waals surface area (Å²) >= 11 is 0. The Morgan fingerprint density at radius 3 is 1.06 bits per heavy atom. The first-order chi connectivity index (χ1) is 23.7. The maximum absolute atomic E-state index is 13.4. The van der Waals surface area contributed by atoms with E-state index in [9.17, 15) is 19.2 Å². The van der Waals surface area contributed by atoms with Gasteiger partial charge in [0.05, 0.1) is 33.6 Å². The van der Waals surface area contributed by atoms with Crippen LogP contribution in [0.2, 0.25) is 0 Å². The van der Waals surface area contributed by atoms with E-state index in [0.29, 0.717) is 56.5 Å². The molecule has 9 nitrogen and oxygen atoms in total. The standard InChI is InChI=1S/C40H26N4O5/c41-27-7-1-23(2-8-27)25-5-19-33-35(21-25)39(47)43(37(33)45)29-11-15-31(16-12-29)49-32-17-13-30(14-18-32)44-38(46)34-20-6-26(22-36(34)40(44)48)24-3-9-28(42)10-4-24/h1-22H,41-42H2. The van der Waals surface area contributed by atoms with Crippen molar-refractivity contribution in [2.24, 2.45) is 0 Å². The Hall–Kier alpha value is -7.00. The lowest BCUT2D eigenvalue weighted by Crippen LogP contribution is -2.29. The molecule has 0 saturated heterocycles. The fourth-order valence-corrected chi connectivity index (χ4v) is 6.12. The van der Waals surface area contributed by atoms with Gasteiger partial charge in [-0.2, -0.15) is 0 Å². The van der Waals surface area contributed by atoms with Crippen LogP contribution < -0.4 is 26.0 Å². The fraction of sp³-hybridized carbons (Fsp3) is 0. The van der Waals surface area contributed by atoms with Gasteiger partial charge in [0.15, 0.2) is 0 Å². The Kier molecular flexibility index (Phi) is 6.82. The summed E-state index contributed by atoms with van der Waals surface area (Å²) in [5.41, 5.74) is 18.4. The molecule has 6 aromatic carbocycles. The van der Waals surface area contributed by atoms with Gasteiger partial charge in [-0.25, -0.2) is 9.80 Å². The maximum Gasteiger partial charge on any atom is 0.266 e. The SMILES string of the molecule is Nc1ccc(-c2ccc3c(c2)C(=O)N(c2ccc(Oc4ccc(N5C(=O)c6ccc(-c7ccc(N)cc7)cc6C5=O)cc4)cc2)C3=O)cc1. The molecule has 0 radical (unpaired) electrons. The molecule has 0 bridgehead atoms. The highest BCUT2D eigenvalue weighted by molar-refractivity contribution is 6.35. The van der Waals surface area contributed by atoms with Crippen LogP contribution >= 0.6 is 0 Å². The minimum absolute atomic E-state index is 0.333. The number of anilines is 4. The number of benzene rings is 6. The van der Waals surface area contributed by atoms with Gasteiger partial charge in [-0.3, -0.25) is 19.2 Å². The summed E-state index contributed by atoms with van der Waals surface area (Å²) in [5, 5.41) is 0. The molecule has 0 fully saturated rings. The van der Waals surface area contributed by atoms with Gasteiger partial charge in [-0.1, -0.05) is 36.4 Å². The number of nitrogens with two attached hydrogens (primary N) is 2. The van der Waals surface area contributed by atoms with Crippen LogP contribution in [-0.4, -0.2) is 23.6 Å². The number of hydrogen-bond donors (Lipinski definition) is 2. The van der Waals surface area contributed by atoms with Crippen LogP contribution in [-0.2, 0) is 0 Å². The third-order valence-corrected chi connectivity index (χ3v) is 8.69. The molecule has 4 amide bonds. The van der Waals surface area contributed by atoms with E-state index in [1.54, 1.807) is 97.1 Å². The van der Waals surface area contributed by atoms with Gasteiger partial charge in [0.1, 0.15) is 11.5 Å². The molecule has 4 N–H and O–H groups in total. The number of rotatable bonds is 6. The van der Waals surface area contributed by atoms with Crippen LogP contribution in [0.4, 0.5) is 22.7 Å². The molecule has 0 aliphatic carbocycles. The second-order valence-electron chi connectivity index (χ2n) is 11.7. The molecule has 49 heavy (non-hydrogen) atoms. The number of nitrogens with zero attached hydrogens (tertiary/aromatic N) is 2. The fourth-order valence-electron chi connectivity index (χ4n) is 6.12. The third kappa shape index (κ3) is 5.06. The second-order valence-corrected chi connectivity index (χ2v) is 11.7. The van der Waals surface area contributed by atoms with Crippen molar-refractivity contribution < 1.29 is 23.9 Å². The number of hydrogen-bond acceptors (Lipinski definition) is 7. The molecular weight excluding hydrogens is 616 g/mol. The summed E-state index contributed by atoms with van der Waals surface area (Å²) in [6.07, 6.45) is 0. The molecular formula is C40H26N4O5. The number of ether oxygens (including phenoxy) is 1. The maximum atomic E-state index is 13.4. The normalized spacial score (nSPS) is 13.6. The summed E-state index contributed by atoms with van der Waals surface area (Å²) < 4.78 is 6.00. The van der Waals surface area contributed by atoms with Gasteiger partial charge in [0.25, 0.3) is 23.6 Å². The van der Waals surface area contributed by atoms with E-state index in [2.05, 4.69) is 0 Å². The van der Waals surface area contributed by atoms with E-state index < -0.39 is 23.6 Å². The van der Waals surface area contributed by atoms with Gasteiger partial charge in [0.2, 0.25) is 0 Å². The highest BCUT2D eigenvalue weighted by Gasteiger charge is 2.38. The minimum atomic E-state index is -0.406. The molecule has 2 heterocycles. The van der Waals surface area contributed by atoms with Gasteiger partial charge in [-0.15, -0.1) is 0 Å². The monoisotopic (exact) mass is 642 g/mol. The number of imide groups is 2. The lowest BCUT2D eigenvalue weighted by atomic mass is 10.00. The van der Waals surface area contributed by atoms with E-state index in [4.69, 9.17) is 16.2 Å². The predicted molar refractivity (Wildman–Crippen MR) is 188 cm³/mol. The third-order valence-electron chi connectivity index (χ3n) is 8.69. The molecule has 9 heteroatoms. The first kappa shape index (κ1) is 29.4. The lowest BCUT2D eigenvalue weighted by Gasteiger charge is -2.16. The molecule has 8 rings (SSSR count). The van der Waals surface area contributed by atoms with E-state index >= 15 is 0 Å². The smallest absolute Gasteiger partial charge is 0.266 e. The van der Waals surface area contributed by atoms with Crippen molar-refractivity contribution in [3.8, 4) is 33.8 Å². The van der Waals surface area contributed by atoms with Gasteiger partial charge in [-0.05, 0) is 119 Å². The number of nitrogen functional groups attached to an aromatic ring is 2. The summed E-state index contributed by atoms with van der Waals surface area (Å²) in [5.74, 6) is -0.679. The Morgan fingerprint density at radius 2 is 0.694 bits per heavy atom. The molecule has 6 aromatic rings. The van der Waals surface area contributed by atoms with Crippen molar-refractivity contribution in [3.05, 3.63) is 156 Å². The van der Waals surface area contributed by atoms with Crippen LogP contribution in [0.3, 0.4) is 0 Å². The molecule has 0 spiro atoms. The van der Waals surface area contributed by atoms with E-state index in [0.717, 1.165) is 32.1 Å². The number of carbonyl (C=O) groups is 4. The Morgan fingerprint density at radius 1 is 0.367 bits per heavy atom. The van der Waals surface area contributed by atoms with Crippen molar-refractivity contribution >= 4 is 46.4 Å². The average Bonchev–Trinajstić information content (AvgIpc) is 3.52. The highest BCUT2D eigenvalue weighted by Crippen LogP contribution is 2.35. The topological polar surface area (TPSA) is 136 Å². The van der Waals surface area contributed by atoms with Crippen molar-refractivity contribution in [1.82, 2.24) is 0 Å². The van der Waals surface area contributed by atoms with Crippen molar-refractivity contribution in [1.29, 1.82) is 0 Å².